The van der Waals surface area contributed by atoms with Gasteiger partial charge in [0.15, 0.2) is 5.13 Å². The van der Waals surface area contributed by atoms with E-state index in [1.807, 2.05) is 30.3 Å². The average molecular weight is 449 g/mol. The zero-order valence-electron chi connectivity index (χ0n) is 14.3. The number of rotatable bonds is 4. The minimum atomic E-state index is -0.312. The number of halogens is 3. The maximum atomic E-state index is 13.4. The maximum Gasteiger partial charge on any atom is 0.262 e. The number of anilines is 1. The summed E-state index contributed by atoms with van der Waals surface area (Å²) < 4.78 is 0.888. The summed E-state index contributed by atoms with van der Waals surface area (Å²) in [6, 6.07) is 15.9. The Labute approximate surface area is 180 Å². The summed E-state index contributed by atoms with van der Waals surface area (Å²) in [5, 5.41) is 1.79. The number of para-hydroxylation sites is 1. The molecule has 0 aliphatic carbocycles. The van der Waals surface area contributed by atoms with Gasteiger partial charge in [0.25, 0.3) is 5.91 Å². The van der Waals surface area contributed by atoms with Gasteiger partial charge in [-0.2, -0.15) is 0 Å². The van der Waals surface area contributed by atoms with Gasteiger partial charge in [0.05, 0.1) is 32.5 Å². The predicted molar refractivity (Wildman–Crippen MR) is 116 cm³/mol. The normalized spacial score (nSPS) is 11.0. The molecule has 2 aromatic carbocycles. The number of amides is 1. The first-order valence-electron chi connectivity index (χ1n) is 8.25. The second-order valence-corrected chi connectivity index (χ2v) is 8.18. The van der Waals surface area contributed by atoms with Crippen molar-refractivity contribution in [2.75, 3.05) is 4.90 Å². The van der Waals surface area contributed by atoms with Crippen molar-refractivity contribution in [1.29, 1.82) is 0 Å². The fourth-order valence-corrected chi connectivity index (χ4v) is 4.34. The van der Waals surface area contributed by atoms with Crippen LogP contribution in [-0.2, 0) is 6.54 Å². The number of carbonyl (C=O) groups excluding carboxylic acids is 1. The van der Waals surface area contributed by atoms with Crippen LogP contribution in [0, 0.1) is 0 Å². The number of aromatic nitrogens is 2. The van der Waals surface area contributed by atoms with E-state index in [0.717, 1.165) is 10.4 Å². The van der Waals surface area contributed by atoms with Crippen molar-refractivity contribution >= 4 is 67.4 Å². The Morgan fingerprint density at radius 2 is 1.86 bits per heavy atom. The summed E-state index contributed by atoms with van der Waals surface area (Å²) in [4.78, 5) is 23.8. The van der Waals surface area contributed by atoms with Gasteiger partial charge in [0.2, 0.25) is 0 Å². The molecule has 140 valence electrons. The van der Waals surface area contributed by atoms with Crippen molar-refractivity contribution in [1.82, 2.24) is 9.97 Å². The average Bonchev–Trinajstić information content (AvgIpc) is 3.14. The molecule has 0 N–H and O–H groups in total. The van der Waals surface area contributed by atoms with Crippen LogP contribution >= 0.6 is 46.1 Å². The van der Waals surface area contributed by atoms with E-state index in [1.165, 1.54) is 11.3 Å². The summed E-state index contributed by atoms with van der Waals surface area (Å²) in [7, 11) is 0. The van der Waals surface area contributed by atoms with Crippen LogP contribution in [0.5, 0.6) is 0 Å². The van der Waals surface area contributed by atoms with Crippen LogP contribution in [-0.4, -0.2) is 15.9 Å². The van der Waals surface area contributed by atoms with Crippen molar-refractivity contribution in [2.24, 2.45) is 0 Å². The lowest BCUT2D eigenvalue weighted by atomic mass is 10.2. The zero-order chi connectivity index (χ0) is 19.7. The fraction of sp³-hybridized carbons (Fsp3) is 0.0500. The summed E-state index contributed by atoms with van der Waals surface area (Å²) in [6.45, 7) is 0.236. The van der Waals surface area contributed by atoms with Gasteiger partial charge in [-0.15, -0.1) is 0 Å². The van der Waals surface area contributed by atoms with Crippen LogP contribution in [0.25, 0.3) is 10.2 Å². The Bertz CT molecular complexity index is 1160. The first-order valence-corrected chi connectivity index (χ1v) is 10.2. The number of benzene rings is 2. The SMILES string of the molecule is O=C(c1cc(Cl)ccc1Cl)N(Cc1ccccn1)c1nc2c(Cl)cccc2s1. The van der Waals surface area contributed by atoms with E-state index in [1.54, 1.807) is 35.4 Å². The van der Waals surface area contributed by atoms with E-state index in [-0.39, 0.29) is 12.5 Å². The van der Waals surface area contributed by atoms with E-state index in [2.05, 4.69) is 9.97 Å². The van der Waals surface area contributed by atoms with Crippen LogP contribution in [0.2, 0.25) is 15.1 Å². The third-order valence-electron chi connectivity index (χ3n) is 4.04. The second kappa shape index (κ2) is 8.05. The number of fused-ring (bicyclic) bond motifs is 1. The fourth-order valence-electron chi connectivity index (χ4n) is 2.71. The summed E-state index contributed by atoms with van der Waals surface area (Å²) in [5.74, 6) is -0.312. The molecule has 28 heavy (non-hydrogen) atoms. The Morgan fingerprint density at radius 1 is 1.00 bits per heavy atom. The van der Waals surface area contributed by atoms with Crippen molar-refractivity contribution in [2.45, 2.75) is 6.54 Å². The number of thiazole rings is 1. The number of carbonyl (C=O) groups is 1. The van der Waals surface area contributed by atoms with Gasteiger partial charge < -0.3 is 0 Å². The molecule has 0 bridgehead atoms. The molecule has 4 nitrogen and oxygen atoms in total. The van der Waals surface area contributed by atoms with Crippen LogP contribution in [0.15, 0.2) is 60.8 Å². The van der Waals surface area contributed by atoms with Gasteiger partial charge in [-0.3, -0.25) is 14.7 Å². The van der Waals surface area contributed by atoms with Gasteiger partial charge in [0.1, 0.15) is 5.52 Å². The van der Waals surface area contributed by atoms with Crippen LogP contribution < -0.4 is 4.90 Å². The number of nitrogens with zero attached hydrogens (tertiary/aromatic N) is 3. The molecule has 8 heteroatoms. The van der Waals surface area contributed by atoms with Crippen molar-refractivity contribution in [3.63, 3.8) is 0 Å². The summed E-state index contributed by atoms with van der Waals surface area (Å²) in [6.07, 6.45) is 1.68. The largest absolute Gasteiger partial charge is 0.278 e. The van der Waals surface area contributed by atoms with Gasteiger partial charge in [-0.25, -0.2) is 4.98 Å². The molecule has 2 heterocycles. The predicted octanol–water partition coefficient (Wildman–Crippen LogP) is 6.50. The van der Waals surface area contributed by atoms with Gasteiger partial charge in [-0.05, 0) is 42.5 Å². The molecule has 0 aliphatic rings. The third-order valence-corrected chi connectivity index (χ3v) is 5.95. The zero-order valence-corrected chi connectivity index (χ0v) is 17.4. The lowest BCUT2D eigenvalue weighted by Gasteiger charge is -2.20. The lowest BCUT2D eigenvalue weighted by molar-refractivity contribution is 0.0985. The van der Waals surface area contributed by atoms with Crippen LogP contribution in [0.1, 0.15) is 16.1 Å². The minimum absolute atomic E-state index is 0.236. The molecular weight excluding hydrogens is 437 g/mol. The molecule has 2 aromatic heterocycles. The minimum Gasteiger partial charge on any atom is -0.278 e. The molecule has 1 amide bonds. The molecule has 0 fully saturated rings. The molecule has 0 spiro atoms. The Hall–Kier alpha value is -2.18. The van der Waals surface area contributed by atoms with Gasteiger partial charge >= 0.3 is 0 Å². The second-order valence-electron chi connectivity index (χ2n) is 5.92. The van der Waals surface area contributed by atoms with E-state index in [4.69, 9.17) is 34.8 Å². The molecule has 4 rings (SSSR count). The topological polar surface area (TPSA) is 46.1 Å². The highest BCUT2D eigenvalue weighted by Gasteiger charge is 2.24. The number of pyridine rings is 1. The Kier molecular flexibility index (Phi) is 5.51. The molecule has 0 saturated heterocycles. The van der Waals surface area contributed by atoms with Crippen molar-refractivity contribution in [3.05, 3.63) is 87.1 Å². The lowest BCUT2D eigenvalue weighted by Crippen LogP contribution is -2.31. The van der Waals surface area contributed by atoms with Crippen LogP contribution in [0.4, 0.5) is 5.13 Å². The monoisotopic (exact) mass is 447 g/mol. The van der Waals surface area contributed by atoms with Gasteiger partial charge in [-0.1, -0.05) is 58.3 Å². The third kappa shape index (κ3) is 3.84. The van der Waals surface area contributed by atoms with Gasteiger partial charge in [0, 0.05) is 11.2 Å². The first kappa shape index (κ1) is 19.2. The standard InChI is InChI=1S/C20H12Cl3N3OS/c21-12-7-8-15(22)14(10-12)19(27)26(11-13-4-1-2-9-24-13)20-25-18-16(23)5-3-6-17(18)28-20/h1-10H,11H2. The smallest absolute Gasteiger partial charge is 0.262 e. The van der Waals surface area contributed by atoms with Crippen molar-refractivity contribution < 1.29 is 4.79 Å². The molecule has 0 saturated carbocycles. The summed E-state index contributed by atoms with van der Waals surface area (Å²) >= 11 is 20.0. The molecule has 0 unspecified atom stereocenters. The molecule has 0 radical (unpaired) electrons. The summed E-state index contributed by atoms with van der Waals surface area (Å²) in [5.41, 5.74) is 1.68. The first-order chi connectivity index (χ1) is 13.5. The molecule has 0 atom stereocenters. The highest BCUT2D eigenvalue weighted by atomic mass is 35.5. The van der Waals surface area contributed by atoms with Crippen LogP contribution in [0.3, 0.4) is 0 Å². The van der Waals surface area contributed by atoms with E-state index in [0.29, 0.717) is 31.3 Å². The highest BCUT2D eigenvalue weighted by Crippen LogP contribution is 2.35. The Balaban J connectivity index is 1.82. The number of hydrogen-bond acceptors (Lipinski definition) is 4. The van der Waals surface area contributed by atoms with E-state index < -0.39 is 0 Å². The van der Waals surface area contributed by atoms with E-state index in [9.17, 15) is 4.79 Å². The highest BCUT2D eigenvalue weighted by molar-refractivity contribution is 7.22. The molecule has 0 aliphatic heterocycles. The van der Waals surface area contributed by atoms with Crippen molar-refractivity contribution in [3.8, 4) is 0 Å². The maximum absolute atomic E-state index is 13.4. The van der Waals surface area contributed by atoms with E-state index >= 15 is 0 Å². The number of hydrogen-bond donors (Lipinski definition) is 0. The molecule has 4 aromatic rings. The molecular formula is C20H12Cl3N3OS. The quantitative estimate of drug-likeness (QED) is 0.358. The Morgan fingerprint density at radius 3 is 2.61 bits per heavy atom.